The molecule has 1 fully saturated rings. The molecule has 3 rings (SSSR count). The second kappa shape index (κ2) is 8.99. The number of nitrogens with zero attached hydrogens (tertiary/aromatic N) is 3. The van der Waals surface area contributed by atoms with Gasteiger partial charge in [-0.25, -0.2) is 12.8 Å². The fourth-order valence-corrected chi connectivity index (χ4v) is 5.71. The number of hydrogen-bond acceptors (Lipinski definition) is 4. The van der Waals surface area contributed by atoms with Crippen LogP contribution in [0.25, 0.3) is 0 Å². The lowest BCUT2D eigenvalue weighted by atomic mass is 10.1. The highest BCUT2D eigenvalue weighted by atomic mass is 32.2. The highest BCUT2D eigenvalue weighted by Crippen LogP contribution is 2.21. The Morgan fingerprint density at radius 1 is 1.07 bits per heavy atom. The van der Waals surface area contributed by atoms with Crippen LogP contribution in [0.5, 0.6) is 0 Å². The van der Waals surface area contributed by atoms with Crippen LogP contribution >= 0.6 is 0 Å². The molecule has 1 aromatic heterocycles. The van der Waals surface area contributed by atoms with Gasteiger partial charge in [0.25, 0.3) is 0 Å². The average Bonchev–Trinajstić information content (AvgIpc) is 2.98. The fourth-order valence-electron chi connectivity index (χ4n) is 4.19. The number of rotatable bonds is 7. The molecule has 164 valence electrons. The van der Waals surface area contributed by atoms with Crippen LogP contribution in [0.1, 0.15) is 47.2 Å². The first kappa shape index (κ1) is 22.7. The summed E-state index contributed by atoms with van der Waals surface area (Å²) in [5, 5.41) is 0. The molecule has 2 heterocycles. The molecule has 0 atom stereocenters. The van der Waals surface area contributed by atoms with Crippen molar-refractivity contribution in [2.75, 3.05) is 32.7 Å². The van der Waals surface area contributed by atoms with E-state index in [9.17, 15) is 17.6 Å². The molecule has 0 radical (unpaired) electrons. The monoisotopic (exact) mass is 435 g/mol. The second-order valence-electron chi connectivity index (χ2n) is 8.23. The zero-order valence-corrected chi connectivity index (χ0v) is 18.9. The molecule has 6 nitrogen and oxygen atoms in total. The molecule has 0 N–H and O–H groups in total. The lowest BCUT2D eigenvalue weighted by Crippen LogP contribution is -2.50. The van der Waals surface area contributed by atoms with E-state index in [1.54, 1.807) is 0 Å². The van der Waals surface area contributed by atoms with Gasteiger partial charge < -0.3 is 4.57 Å². The number of Topliss-reactive ketones (excluding diaryl/α,β-unsaturated/α-hetero) is 1. The summed E-state index contributed by atoms with van der Waals surface area (Å²) in [6, 6.07) is 7.77. The average molecular weight is 436 g/mol. The van der Waals surface area contributed by atoms with Crippen molar-refractivity contribution >= 4 is 15.8 Å². The Morgan fingerprint density at radius 3 is 2.20 bits per heavy atom. The van der Waals surface area contributed by atoms with Crippen LogP contribution in [-0.2, 0) is 15.8 Å². The summed E-state index contributed by atoms with van der Waals surface area (Å²) >= 11 is 0. The highest BCUT2D eigenvalue weighted by Gasteiger charge is 2.28. The van der Waals surface area contributed by atoms with Crippen LogP contribution in [0.15, 0.2) is 30.3 Å². The fraction of sp³-hybridized carbons (Fsp3) is 0.500. The number of halogens is 1. The number of aromatic nitrogens is 1. The first-order valence-corrected chi connectivity index (χ1v) is 11.9. The van der Waals surface area contributed by atoms with Crippen molar-refractivity contribution in [2.24, 2.45) is 0 Å². The van der Waals surface area contributed by atoms with E-state index in [-0.39, 0.29) is 23.9 Å². The first-order chi connectivity index (χ1) is 14.1. The second-order valence-corrected chi connectivity index (χ2v) is 10.2. The van der Waals surface area contributed by atoms with Gasteiger partial charge in [0.2, 0.25) is 10.0 Å². The smallest absolute Gasteiger partial charge is 0.218 e. The van der Waals surface area contributed by atoms with E-state index in [1.165, 1.54) is 28.6 Å². The molecule has 8 heteroatoms. The minimum atomic E-state index is -3.48. The standard InChI is InChI=1S/C22H30FN3O3S/c1-16(2)26-17(3)13-21(18(26)4)22(27)14-24-9-11-25(12-10-24)30(28,29)15-19-5-7-20(23)8-6-19/h5-8,13,16H,9-12,14-15H2,1-4H3. The Hall–Kier alpha value is -2.03. The van der Waals surface area contributed by atoms with E-state index in [1.807, 2.05) is 24.8 Å². The molecule has 1 aliphatic rings. The van der Waals surface area contributed by atoms with Gasteiger partial charge >= 0.3 is 0 Å². The van der Waals surface area contributed by atoms with Crippen molar-refractivity contribution in [3.63, 3.8) is 0 Å². The number of hydrogen-bond donors (Lipinski definition) is 0. The maximum atomic E-state index is 13.0. The van der Waals surface area contributed by atoms with E-state index in [0.717, 1.165) is 17.0 Å². The van der Waals surface area contributed by atoms with Gasteiger partial charge in [-0.1, -0.05) is 12.1 Å². The number of sulfonamides is 1. The third kappa shape index (κ3) is 4.99. The molecule has 1 aromatic carbocycles. The molecule has 0 saturated carbocycles. The summed E-state index contributed by atoms with van der Waals surface area (Å²) in [6.07, 6.45) is 0. The lowest BCUT2D eigenvalue weighted by Gasteiger charge is -2.33. The van der Waals surface area contributed by atoms with E-state index in [2.05, 4.69) is 18.4 Å². The van der Waals surface area contributed by atoms with Gasteiger partial charge in [0.05, 0.1) is 12.3 Å². The van der Waals surface area contributed by atoms with E-state index in [4.69, 9.17) is 0 Å². The Bertz CT molecular complexity index is 1000. The number of ketones is 1. The Morgan fingerprint density at radius 2 is 1.67 bits per heavy atom. The number of aryl methyl sites for hydroxylation is 1. The molecule has 0 spiro atoms. The van der Waals surface area contributed by atoms with E-state index >= 15 is 0 Å². The van der Waals surface area contributed by atoms with Crippen LogP contribution in [0.2, 0.25) is 0 Å². The molecular weight excluding hydrogens is 405 g/mol. The van der Waals surface area contributed by atoms with Crippen LogP contribution in [0, 0.1) is 19.7 Å². The van der Waals surface area contributed by atoms with E-state index in [0.29, 0.717) is 37.8 Å². The van der Waals surface area contributed by atoms with Gasteiger partial charge in [-0.2, -0.15) is 4.31 Å². The zero-order valence-electron chi connectivity index (χ0n) is 18.1. The molecule has 1 aliphatic heterocycles. The summed E-state index contributed by atoms with van der Waals surface area (Å²) in [4.78, 5) is 14.9. The van der Waals surface area contributed by atoms with Crippen molar-refractivity contribution in [3.8, 4) is 0 Å². The van der Waals surface area contributed by atoms with E-state index < -0.39 is 10.0 Å². The summed E-state index contributed by atoms with van der Waals surface area (Å²) < 4.78 is 42.0. The first-order valence-electron chi connectivity index (χ1n) is 10.2. The van der Waals surface area contributed by atoms with Gasteiger partial charge in [0.15, 0.2) is 5.78 Å². The number of carbonyl (C=O) groups excluding carboxylic acids is 1. The van der Waals surface area contributed by atoms with Crippen LogP contribution in [-0.4, -0.2) is 60.7 Å². The molecule has 1 saturated heterocycles. The largest absolute Gasteiger partial charge is 0.346 e. The maximum absolute atomic E-state index is 13.0. The van der Waals surface area contributed by atoms with Crippen molar-refractivity contribution in [1.82, 2.24) is 13.8 Å². The van der Waals surface area contributed by atoms with Crippen molar-refractivity contribution < 1.29 is 17.6 Å². The summed E-state index contributed by atoms with van der Waals surface area (Å²) in [5.41, 5.74) is 3.36. The SMILES string of the molecule is Cc1cc(C(=O)CN2CCN(S(=O)(=O)Cc3ccc(F)cc3)CC2)c(C)n1C(C)C. The molecule has 0 amide bonds. The topological polar surface area (TPSA) is 62.6 Å². The van der Waals surface area contributed by atoms with Gasteiger partial charge in [-0.05, 0) is 51.5 Å². The number of piperazine rings is 1. The normalized spacial score (nSPS) is 16.3. The minimum Gasteiger partial charge on any atom is -0.346 e. The molecule has 0 unspecified atom stereocenters. The summed E-state index contributed by atoms with van der Waals surface area (Å²) in [7, 11) is -3.48. The third-order valence-corrected chi connectivity index (χ3v) is 7.51. The van der Waals surface area contributed by atoms with Crippen molar-refractivity contribution in [3.05, 3.63) is 58.7 Å². The lowest BCUT2D eigenvalue weighted by molar-refractivity contribution is 0.0901. The zero-order chi connectivity index (χ0) is 22.1. The van der Waals surface area contributed by atoms with Gasteiger partial charge in [-0.15, -0.1) is 0 Å². The van der Waals surface area contributed by atoms with Gasteiger partial charge in [0, 0.05) is 49.2 Å². The van der Waals surface area contributed by atoms with Crippen LogP contribution in [0.3, 0.4) is 0 Å². The molecular formula is C22H30FN3O3S. The summed E-state index contributed by atoms with van der Waals surface area (Å²) in [6.45, 7) is 10.2. The van der Waals surface area contributed by atoms with Gasteiger partial charge in [-0.3, -0.25) is 9.69 Å². The third-order valence-electron chi connectivity index (χ3n) is 5.66. The predicted octanol–water partition coefficient (Wildman–Crippen LogP) is 3.16. The number of carbonyl (C=O) groups is 1. The van der Waals surface area contributed by atoms with Gasteiger partial charge in [0.1, 0.15) is 5.82 Å². The van der Waals surface area contributed by atoms with Crippen molar-refractivity contribution in [1.29, 1.82) is 0 Å². The molecule has 2 aromatic rings. The predicted molar refractivity (Wildman–Crippen MR) is 116 cm³/mol. The Labute approximate surface area is 178 Å². The Balaban J connectivity index is 1.58. The molecule has 0 bridgehead atoms. The maximum Gasteiger partial charge on any atom is 0.218 e. The van der Waals surface area contributed by atoms with Crippen LogP contribution < -0.4 is 0 Å². The van der Waals surface area contributed by atoms with Crippen molar-refractivity contribution in [2.45, 2.75) is 39.5 Å². The molecule has 0 aliphatic carbocycles. The quantitative estimate of drug-likeness (QED) is 0.627. The highest BCUT2D eigenvalue weighted by molar-refractivity contribution is 7.88. The number of benzene rings is 1. The summed E-state index contributed by atoms with van der Waals surface area (Å²) in [5.74, 6) is -0.464. The molecule has 30 heavy (non-hydrogen) atoms. The Kier molecular flexibility index (Phi) is 6.79. The minimum absolute atomic E-state index is 0.0672. The van der Waals surface area contributed by atoms with Crippen LogP contribution in [0.4, 0.5) is 4.39 Å².